The van der Waals surface area contributed by atoms with Crippen molar-refractivity contribution in [3.63, 3.8) is 0 Å². The number of nitrogens with one attached hydrogen (secondary N) is 2. The molecule has 0 spiro atoms. The Morgan fingerprint density at radius 3 is 2.50 bits per heavy atom. The molecular formula is C11H9F3N2O2. The summed E-state index contributed by atoms with van der Waals surface area (Å²) >= 11 is 0. The van der Waals surface area contributed by atoms with Gasteiger partial charge >= 0.3 is 12.2 Å². The number of rotatable bonds is 2. The SMILES string of the molecule is C=CC(=O)NC(=O)Nc1cccc(C(F)(F)F)c1. The molecule has 1 aromatic carbocycles. The van der Waals surface area contributed by atoms with Crippen molar-refractivity contribution in [2.24, 2.45) is 0 Å². The molecule has 1 aromatic rings. The lowest BCUT2D eigenvalue weighted by molar-refractivity contribution is -0.137. The minimum Gasteiger partial charge on any atom is -0.308 e. The summed E-state index contributed by atoms with van der Waals surface area (Å²) in [4.78, 5) is 21.9. The molecule has 0 fully saturated rings. The van der Waals surface area contributed by atoms with Crippen molar-refractivity contribution >= 4 is 17.6 Å². The summed E-state index contributed by atoms with van der Waals surface area (Å²) in [6.07, 6.45) is -3.63. The number of halogens is 3. The smallest absolute Gasteiger partial charge is 0.308 e. The molecule has 0 atom stereocenters. The molecule has 3 amide bonds. The zero-order valence-corrected chi connectivity index (χ0v) is 9.04. The molecule has 96 valence electrons. The van der Waals surface area contributed by atoms with Gasteiger partial charge in [-0.3, -0.25) is 10.1 Å². The van der Waals surface area contributed by atoms with Crippen LogP contribution in [0.2, 0.25) is 0 Å². The van der Waals surface area contributed by atoms with Crippen LogP contribution in [0.5, 0.6) is 0 Å². The van der Waals surface area contributed by atoms with Crippen molar-refractivity contribution < 1.29 is 22.8 Å². The first-order valence-corrected chi connectivity index (χ1v) is 4.74. The molecule has 0 saturated carbocycles. The van der Waals surface area contributed by atoms with Gasteiger partial charge in [0.1, 0.15) is 0 Å². The van der Waals surface area contributed by atoms with Crippen molar-refractivity contribution in [1.29, 1.82) is 0 Å². The van der Waals surface area contributed by atoms with Gasteiger partial charge in [-0.2, -0.15) is 13.2 Å². The first-order chi connectivity index (χ1) is 8.32. The Hall–Kier alpha value is -2.31. The zero-order valence-electron chi connectivity index (χ0n) is 9.04. The van der Waals surface area contributed by atoms with Crippen molar-refractivity contribution in [2.45, 2.75) is 6.18 Å². The highest BCUT2D eigenvalue weighted by molar-refractivity contribution is 6.04. The molecular weight excluding hydrogens is 249 g/mol. The Kier molecular flexibility index (Phi) is 4.09. The van der Waals surface area contributed by atoms with Gasteiger partial charge in [-0.05, 0) is 24.3 Å². The Bertz CT molecular complexity index is 483. The van der Waals surface area contributed by atoms with E-state index in [2.05, 4.69) is 11.9 Å². The van der Waals surface area contributed by atoms with Crippen LogP contribution in [0.1, 0.15) is 5.56 Å². The van der Waals surface area contributed by atoms with Gasteiger partial charge in [0.2, 0.25) is 0 Å². The fraction of sp³-hybridized carbons (Fsp3) is 0.0909. The molecule has 4 nitrogen and oxygen atoms in total. The first-order valence-electron chi connectivity index (χ1n) is 4.74. The summed E-state index contributed by atoms with van der Waals surface area (Å²) in [6.45, 7) is 3.13. The Balaban J connectivity index is 2.77. The second-order valence-electron chi connectivity index (χ2n) is 3.23. The van der Waals surface area contributed by atoms with Crippen LogP contribution in [-0.4, -0.2) is 11.9 Å². The molecule has 2 N–H and O–H groups in total. The van der Waals surface area contributed by atoms with Gasteiger partial charge in [-0.15, -0.1) is 0 Å². The lowest BCUT2D eigenvalue weighted by Crippen LogP contribution is -2.33. The molecule has 0 aromatic heterocycles. The fourth-order valence-corrected chi connectivity index (χ4v) is 1.10. The molecule has 0 aliphatic carbocycles. The number of hydrogen-bond donors (Lipinski definition) is 2. The van der Waals surface area contributed by atoms with E-state index in [1.54, 1.807) is 0 Å². The third kappa shape index (κ3) is 3.93. The average molecular weight is 258 g/mol. The highest BCUT2D eigenvalue weighted by Gasteiger charge is 2.30. The minimum absolute atomic E-state index is 0.0702. The monoisotopic (exact) mass is 258 g/mol. The van der Waals surface area contributed by atoms with E-state index in [4.69, 9.17) is 0 Å². The van der Waals surface area contributed by atoms with Gasteiger partial charge in [0.05, 0.1) is 5.56 Å². The summed E-state index contributed by atoms with van der Waals surface area (Å²) in [5.74, 6) is -0.750. The van der Waals surface area contributed by atoms with Crippen LogP contribution >= 0.6 is 0 Å². The number of imide groups is 1. The molecule has 1 rings (SSSR count). The van der Waals surface area contributed by atoms with Crippen molar-refractivity contribution in [2.75, 3.05) is 5.32 Å². The Morgan fingerprint density at radius 1 is 1.28 bits per heavy atom. The van der Waals surface area contributed by atoms with E-state index in [9.17, 15) is 22.8 Å². The van der Waals surface area contributed by atoms with Crippen LogP contribution in [0, 0.1) is 0 Å². The molecule has 0 saturated heterocycles. The van der Waals surface area contributed by atoms with Crippen molar-refractivity contribution in [1.82, 2.24) is 5.32 Å². The maximum absolute atomic E-state index is 12.4. The quantitative estimate of drug-likeness (QED) is 0.801. The van der Waals surface area contributed by atoms with Gasteiger partial charge in [0.25, 0.3) is 5.91 Å². The molecule has 7 heteroatoms. The van der Waals surface area contributed by atoms with E-state index in [1.807, 2.05) is 5.32 Å². The van der Waals surface area contributed by atoms with Gasteiger partial charge in [0.15, 0.2) is 0 Å². The molecule has 0 radical (unpaired) electrons. The Labute approximate surface area is 100 Å². The van der Waals surface area contributed by atoms with E-state index in [0.717, 1.165) is 24.3 Å². The van der Waals surface area contributed by atoms with Crippen LogP contribution in [0.25, 0.3) is 0 Å². The van der Waals surface area contributed by atoms with E-state index in [1.165, 1.54) is 6.07 Å². The van der Waals surface area contributed by atoms with Crippen LogP contribution < -0.4 is 10.6 Å². The van der Waals surface area contributed by atoms with E-state index in [0.29, 0.717) is 0 Å². The van der Waals surface area contributed by atoms with Crippen LogP contribution in [0.4, 0.5) is 23.7 Å². The molecule has 0 aliphatic heterocycles. The summed E-state index contributed by atoms with van der Waals surface area (Å²) in [5.41, 5.74) is -0.963. The molecule has 0 aliphatic rings. The molecule has 0 heterocycles. The number of urea groups is 1. The molecule has 0 unspecified atom stereocenters. The number of benzene rings is 1. The third-order valence-electron chi connectivity index (χ3n) is 1.87. The second-order valence-corrected chi connectivity index (χ2v) is 3.23. The van der Waals surface area contributed by atoms with Gasteiger partial charge in [-0.1, -0.05) is 12.6 Å². The van der Waals surface area contributed by atoms with Gasteiger partial charge in [-0.25, -0.2) is 4.79 Å². The number of amides is 3. The predicted octanol–water partition coefficient (Wildman–Crippen LogP) is 2.54. The topological polar surface area (TPSA) is 58.2 Å². The number of alkyl halides is 3. The first kappa shape index (κ1) is 13.8. The summed E-state index contributed by atoms with van der Waals surface area (Å²) in [7, 11) is 0. The number of hydrogen-bond acceptors (Lipinski definition) is 2. The van der Waals surface area contributed by atoms with Gasteiger partial charge in [0, 0.05) is 5.69 Å². The maximum Gasteiger partial charge on any atom is 0.416 e. The lowest BCUT2D eigenvalue weighted by Gasteiger charge is -2.09. The number of anilines is 1. The Morgan fingerprint density at radius 2 is 1.94 bits per heavy atom. The summed E-state index contributed by atoms with van der Waals surface area (Å²) < 4.78 is 37.1. The lowest BCUT2D eigenvalue weighted by atomic mass is 10.2. The van der Waals surface area contributed by atoms with Crippen molar-refractivity contribution in [3.05, 3.63) is 42.5 Å². The number of carbonyl (C=O) groups is 2. The predicted molar refractivity (Wildman–Crippen MR) is 58.8 cm³/mol. The van der Waals surface area contributed by atoms with E-state index >= 15 is 0 Å². The minimum atomic E-state index is -4.49. The van der Waals surface area contributed by atoms with Crippen LogP contribution in [0.15, 0.2) is 36.9 Å². The van der Waals surface area contributed by atoms with Crippen molar-refractivity contribution in [3.8, 4) is 0 Å². The highest BCUT2D eigenvalue weighted by Crippen LogP contribution is 2.30. The van der Waals surface area contributed by atoms with Crippen LogP contribution in [0.3, 0.4) is 0 Å². The second kappa shape index (κ2) is 5.35. The molecule has 18 heavy (non-hydrogen) atoms. The maximum atomic E-state index is 12.4. The van der Waals surface area contributed by atoms with Gasteiger partial charge < -0.3 is 5.32 Å². The zero-order chi connectivity index (χ0) is 13.8. The van der Waals surface area contributed by atoms with Crippen LogP contribution in [-0.2, 0) is 11.0 Å². The fourth-order valence-electron chi connectivity index (χ4n) is 1.10. The normalized spacial score (nSPS) is 10.6. The summed E-state index contributed by atoms with van der Waals surface area (Å²) in [5, 5.41) is 3.95. The largest absolute Gasteiger partial charge is 0.416 e. The average Bonchev–Trinajstić information content (AvgIpc) is 2.27. The van der Waals surface area contributed by atoms with E-state index < -0.39 is 23.7 Å². The highest BCUT2D eigenvalue weighted by atomic mass is 19.4. The number of carbonyl (C=O) groups excluding carboxylic acids is 2. The third-order valence-corrected chi connectivity index (χ3v) is 1.87. The standard InChI is InChI=1S/C11H9F3N2O2/c1-2-9(17)16-10(18)15-8-5-3-4-7(6-8)11(12,13)14/h2-6H,1H2,(H2,15,16,17,18). The summed E-state index contributed by atoms with van der Waals surface area (Å²) in [6, 6.07) is 3.12. The van der Waals surface area contributed by atoms with E-state index in [-0.39, 0.29) is 5.69 Å². The molecule has 0 bridgehead atoms.